The minimum absolute atomic E-state index is 0.628. The number of nitrogens with one attached hydrogen (secondary N) is 1. The van der Waals surface area contributed by atoms with Gasteiger partial charge in [0.05, 0.1) is 12.3 Å². The van der Waals surface area contributed by atoms with E-state index in [-0.39, 0.29) is 0 Å². The average molecular weight is 299 g/mol. The van der Waals surface area contributed by atoms with Gasteiger partial charge in [-0.05, 0) is 18.9 Å². The Balaban J connectivity index is 2.50. The molecule has 0 saturated carbocycles. The summed E-state index contributed by atoms with van der Waals surface area (Å²) < 4.78 is 15.8. The predicted octanol–water partition coefficient (Wildman–Crippen LogP) is 1.91. The number of rotatable bonds is 12. The quantitative estimate of drug-likeness (QED) is 0.595. The molecule has 6 heteroatoms. The number of nitrogens with zero attached hydrogens (tertiary/aromatic N) is 2. The Morgan fingerprint density at radius 2 is 2.00 bits per heavy atom. The van der Waals surface area contributed by atoms with Crippen molar-refractivity contribution in [2.24, 2.45) is 5.92 Å². The number of aromatic nitrogens is 1. The molecule has 6 nitrogen and oxygen atoms in total. The van der Waals surface area contributed by atoms with Gasteiger partial charge in [-0.1, -0.05) is 13.8 Å². The van der Waals surface area contributed by atoms with Crippen molar-refractivity contribution in [1.29, 1.82) is 0 Å². The van der Waals surface area contributed by atoms with E-state index in [4.69, 9.17) is 13.9 Å². The maximum absolute atomic E-state index is 5.59. The summed E-state index contributed by atoms with van der Waals surface area (Å²) in [6, 6.07) is 0.657. The maximum Gasteiger partial charge on any atom is 0.297 e. The Hall–Kier alpha value is -1.11. The Morgan fingerprint density at radius 3 is 2.67 bits per heavy atom. The van der Waals surface area contributed by atoms with Crippen LogP contribution in [0.25, 0.3) is 0 Å². The zero-order valence-corrected chi connectivity index (χ0v) is 13.7. The number of anilines is 1. The summed E-state index contributed by atoms with van der Waals surface area (Å²) in [5, 5.41) is 3.36. The van der Waals surface area contributed by atoms with Crippen molar-refractivity contribution in [3.8, 4) is 0 Å². The van der Waals surface area contributed by atoms with Gasteiger partial charge in [0.25, 0.3) is 6.01 Å². The van der Waals surface area contributed by atoms with Crippen LogP contribution in [0.1, 0.15) is 26.0 Å². The third-order valence-corrected chi connectivity index (χ3v) is 3.01. The van der Waals surface area contributed by atoms with Crippen LogP contribution in [0.5, 0.6) is 0 Å². The molecular formula is C15H29N3O3. The summed E-state index contributed by atoms with van der Waals surface area (Å²) in [5.74, 6) is 0.628. The highest BCUT2D eigenvalue weighted by Crippen LogP contribution is 2.14. The predicted molar refractivity (Wildman–Crippen MR) is 83.6 cm³/mol. The van der Waals surface area contributed by atoms with E-state index in [9.17, 15) is 0 Å². The van der Waals surface area contributed by atoms with Crippen LogP contribution in [0.2, 0.25) is 0 Å². The highest BCUT2D eigenvalue weighted by Gasteiger charge is 2.12. The molecule has 1 N–H and O–H groups in total. The molecule has 0 aliphatic rings. The van der Waals surface area contributed by atoms with Crippen LogP contribution in [-0.4, -0.2) is 52.1 Å². The zero-order valence-electron chi connectivity index (χ0n) is 13.7. The molecule has 0 aliphatic carbocycles. The third kappa shape index (κ3) is 7.45. The summed E-state index contributed by atoms with van der Waals surface area (Å²) in [5.41, 5.74) is 0.930. The second-order valence-electron chi connectivity index (χ2n) is 5.47. The molecule has 0 saturated heterocycles. The Morgan fingerprint density at radius 1 is 1.24 bits per heavy atom. The lowest BCUT2D eigenvalue weighted by atomic mass is 10.2. The number of hydrogen-bond donors (Lipinski definition) is 1. The lowest BCUT2D eigenvalue weighted by Crippen LogP contribution is -2.29. The van der Waals surface area contributed by atoms with E-state index < -0.39 is 0 Å². The molecule has 0 radical (unpaired) electrons. The second-order valence-corrected chi connectivity index (χ2v) is 5.47. The lowest BCUT2D eigenvalue weighted by molar-refractivity contribution is 0.190. The molecule has 21 heavy (non-hydrogen) atoms. The fourth-order valence-electron chi connectivity index (χ4n) is 1.92. The summed E-state index contributed by atoms with van der Waals surface area (Å²) in [6.45, 7) is 9.06. The van der Waals surface area contributed by atoms with Crippen LogP contribution in [-0.2, 0) is 16.0 Å². The van der Waals surface area contributed by atoms with Crippen molar-refractivity contribution >= 4 is 6.01 Å². The molecule has 0 unspecified atom stereocenters. The number of ether oxygens (including phenoxy) is 2. The summed E-state index contributed by atoms with van der Waals surface area (Å²) in [6.07, 6.45) is 2.66. The molecular weight excluding hydrogens is 270 g/mol. The van der Waals surface area contributed by atoms with Gasteiger partial charge in [-0.15, -0.1) is 0 Å². The molecule has 1 aromatic rings. The van der Waals surface area contributed by atoms with Crippen LogP contribution in [0.15, 0.2) is 10.7 Å². The lowest BCUT2D eigenvalue weighted by Gasteiger charge is -2.19. The topological polar surface area (TPSA) is 59.8 Å². The van der Waals surface area contributed by atoms with Gasteiger partial charge < -0.3 is 24.1 Å². The molecule has 1 rings (SSSR count). The number of methoxy groups -OCH3 is 2. The van der Waals surface area contributed by atoms with Crippen molar-refractivity contribution in [2.45, 2.75) is 26.8 Å². The van der Waals surface area contributed by atoms with Crippen molar-refractivity contribution in [3.63, 3.8) is 0 Å². The van der Waals surface area contributed by atoms with E-state index in [2.05, 4.69) is 29.0 Å². The molecule has 1 heterocycles. The molecule has 0 amide bonds. The normalized spacial score (nSPS) is 11.3. The van der Waals surface area contributed by atoms with E-state index >= 15 is 0 Å². The highest BCUT2D eigenvalue weighted by atomic mass is 16.5. The number of hydrogen-bond acceptors (Lipinski definition) is 6. The van der Waals surface area contributed by atoms with Crippen LogP contribution in [0, 0.1) is 5.92 Å². The first-order chi connectivity index (χ1) is 10.2. The molecule has 0 aliphatic heterocycles. The van der Waals surface area contributed by atoms with Gasteiger partial charge in [0, 0.05) is 40.5 Å². The summed E-state index contributed by atoms with van der Waals surface area (Å²) in [7, 11) is 3.41. The van der Waals surface area contributed by atoms with E-state index in [1.54, 1.807) is 20.5 Å². The second kappa shape index (κ2) is 10.6. The minimum Gasteiger partial charge on any atom is -0.432 e. The minimum atomic E-state index is 0.628. The summed E-state index contributed by atoms with van der Waals surface area (Å²) in [4.78, 5) is 6.63. The van der Waals surface area contributed by atoms with Crippen molar-refractivity contribution in [1.82, 2.24) is 10.3 Å². The molecule has 0 aromatic carbocycles. The molecule has 1 aromatic heterocycles. The standard InChI is InChI=1S/C15H29N3O3/c1-13(2)10-16-11-14-12-21-15(17-14)18(7-9-20-4)6-5-8-19-3/h12-13,16H,5-11H2,1-4H3. The van der Waals surface area contributed by atoms with Gasteiger partial charge in [-0.2, -0.15) is 4.98 Å². The van der Waals surface area contributed by atoms with Gasteiger partial charge in [0.1, 0.15) is 6.26 Å². The first-order valence-corrected chi connectivity index (χ1v) is 7.55. The SMILES string of the molecule is COCCCN(CCOC)c1nc(CNCC(C)C)co1. The van der Waals surface area contributed by atoms with Gasteiger partial charge in [0.2, 0.25) is 0 Å². The maximum atomic E-state index is 5.59. The van der Waals surface area contributed by atoms with Crippen molar-refractivity contribution < 1.29 is 13.9 Å². The van der Waals surface area contributed by atoms with Crippen LogP contribution < -0.4 is 10.2 Å². The van der Waals surface area contributed by atoms with E-state index in [0.717, 1.165) is 44.9 Å². The van der Waals surface area contributed by atoms with Gasteiger partial charge in [-0.3, -0.25) is 0 Å². The molecule has 122 valence electrons. The van der Waals surface area contributed by atoms with Gasteiger partial charge in [0.15, 0.2) is 0 Å². The highest BCUT2D eigenvalue weighted by molar-refractivity contribution is 5.26. The van der Waals surface area contributed by atoms with E-state index in [0.29, 0.717) is 18.5 Å². The third-order valence-electron chi connectivity index (χ3n) is 3.01. The molecule has 0 bridgehead atoms. The van der Waals surface area contributed by atoms with Crippen LogP contribution >= 0.6 is 0 Å². The van der Waals surface area contributed by atoms with Crippen LogP contribution in [0.4, 0.5) is 6.01 Å². The first kappa shape index (κ1) is 17.9. The van der Waals surface area contributed by atoms with Crippen LogP contribution in [0.3, 0.4) is 0 Å². The Labute approximate surface area is 127 Å². The first-order valence-electron chi connectivity index (χ1n) is 7.55. The largest absolute Gasteiger partial charge is 0.432 e. The van der Waals surface area contributed by atoms with E-state index in [1.165, 1.54) is 0 Å². The van der Waals surface area contributed by atoms with Crippen molar-refractivity contribution in [3.05, 3.63) is 12.0 Å². The number of oxazole rings is 1. The van der Waals surface area contributed by atoms with Gasteiger partial charge >= 0.3 is 0 Å². The van der Waals surface area contributed by atoms with Gasteiger partial charge in [-0.25, -0.2) is 0 Å². The van der Waals surface area contributed by atoms with Crippen molar-refractivity contribution in [2.75, 3.05) is 52.0 Å². The smallest absolute Gasteiger partial charge is 0.297 e. The monoisotopic (exact) mass is 299 g/mol. The Kier molecular flexibility index (Phi) is 9.05. The Bertz CT molecular complexity index is 369. The fourth-order valence-corrected chi connectivity index (χ4v) is 1.92. The zero-order chi connectivity index (χ0) is 15.5. The van der Waals surface area contributed by atoms with E-state index in [1.807, 2.05) is 0 Å². The average Bonchev–Trinajstić information content (AvgIpc) is 2.91. The summed E-state index contributed by atoms with van der Waals surface area (Å²) >= 11 is 0. The molecule has 0 spiro atoms. The molecule has 0 atom stereocenters. The fraction of sp³-hybridized carbons (Fsp3) is 0.800. The molecule has 0 fully saturated rings.